The number of rotatable bonds is 7. The van der Waals surface area contributed by atoms with E-state index in [1.807, 2.05) is 18.2 Å². The average Bonchev–Trinajstić information content (AvgIpc) is 2.34. The van der Waals surface area contributed by atoms with E-state index in [0.29, 0.717) is 11.5 Å². The van der Waals surface area contributed by atoms with Crippen molar-refractivity contribution in [2.24, 2.45) is 5.41 Å². The van der Waals surface area contributed by atoms with Crippen LogP contribution in [0.1, 0.15) is 46.1 Å². The Hall–Kier alpha value is -0.730. The highest BCUT2D eigenvalue weighted by atomic mass is 35.5. The normalized spacial score (nSPS) is 13.3. The second-order valence-corrected chi connectivity index (χ2v) is 7.01. The topological polar surface area (TPSA) is 21.3 Å². The first kappa shape index (κ1) is 17.3. The second-order valence-electron chi connectivity index (χ2n) is 6.58. The van der Waals surface area contributed by atoms with Crippen molar-refractivity contribution in [1.29, 1.82) is 0 Å². The molecule has 1 N–H and O–H groups in total. The SMILES string of the molecule is CCCNC(Cc1cc(Cl)ccc1OC)CC(C)(C)C. The largest absolute Gasteiger partial charge is 0.496 e. The van der Waals surface area contributed by atoms with Gasteiger partial charge in [-0.3, -0.25) is 0 Å². The molecule has 20 heavy (non-hydrogen) atoms. The van der Waals surface area contributed by atoms with E-state index in [0.717, 1.165) is 36.6 Å². The van der Waals surface area contributed by atoms with Crippen molar-refractivity contribution in [2.45, 2.75) is 53.0 Å². The molecule has 0 heterocycles. The molecule has 1 atom stereocenters. The fraction of sp³-hybridized carbons (Fsp3) is 0.647. The number of halogens is 1. The van der Waals surface area contributed by atoms with Crippen LogP contribution in [0, 0.1) is 5.41 Å². The summed E-state index contributed by atoms with van der Waals surface area (Å²) in [4.78, 5) is 0. The molecule has 1 aromatic rings. The van der Waals surface area contributed by atoms with Crippen LogP contribution in [0.3, 0.4) is 0 Å². The molecule has 0 aliphatic heterocycles. The van der Waals surface area contributed by atoms with Crippen molar-refractivity contribution < 1.29 is 4.74 Å². The lowest BCUT2D eigenvalue weighted by atomic mass is 9.85. The van der Waals surface area contributed by atoms with Gasteiger partial charge in [-0.1, -0.05) is 39.3 Å². The third-order valence-corrected chi connectivity index (χ3v) is 3.49. The monoisotopic (exact) mass is 297 g/mol. The van der Waals surface area contributed by atoms with E-state index in [1.165, 1.54) is 5.56 Å². The molecule has 3 heteroatoms. The third kappa shape index (κ3) is 6.15. The Balaban J connectivity index is 2.85. The summed E-state index contributed by atoms with van der Waals surface area (Å²) in [5, 5.41) is 4.42. The zero-order valence-electron chi connectivity index (χ0n) is 13.4. The Kier molecular flexibility index (Phi) is 6.84. The zero-order chi connectivity index (χ0) is 15.2. The van der Waals surface area contributed by atoms with Gasteiger partial charge in [-0.05, 0) is 55.0 Å². The minimum absolute atomic E-state index is 0.303. The fourth-order valence-electron chi connectivity index (χ4n) is 2.48. The van der Waals surface area contributed by atoms with E-state index >= 15 is 0 Å². The lowest BCUT2D eigenvalue weighted by Crippen LogP contribution is -2.35. The molecule has 0 radical (unpaired) electrons. The Morgan fingerprint density at radius 1 is 1.30 bits per heavy atom. The van der Waals surface area contributed by atoms with Crippen LogP contribution in [0.5, 0.6) is 5.75 Å². The van der Waals surface area contributed by atoms with E-state index in [4.69, 9.17) is 16.3 Å². The summed E-state index contributed by atoms with van der Waals surface area (Å²) in [5.74, 6) is 0.923. The average molecular weight is 298 g/mol. The number of hydrogen-bond donors (Lipinski definition) is 1. The first-order chi connectivity index (χ1) is 9.35. The Morgan fingerprint density at radius 2 is 2.00 bits per heavy atom. The molecule has 1 aromatic carbocycles. The Morgan fingerprint density at radius 3 is 2.55 bits per heavy atom. The van der Waals surface area contributed by atoms with Crippen LogP contribution < -0.4 is 10.1 Å². The van der Waals surface area contributed by atoms with Gasteiger partial charge in [-0.25, -0.2) is 0 Å². The van der Waals surface area contributed by atoms with E-state index in [9.17, 15) is 0 Å². The highest BCUT2D eigenvalue weighted by Crippen LogP contribution is 2.27. The van der Waals surface area contributed by atoms with E-state index in [-0.39, 0.29) is 0 Å². The van der Waals surface area contributed by atoms with E-state index < -0.39 is 0 Å². The van der Waals surface area contributed by atoms with Gasteiger partial charge in [-0.15, -0.1) is 0 Å². The van der Waals surface area contributed by atoms with E-state index in [1.54, 1.807) is 7.11 Å². The maximum atomic E-state index is 6.12. The summed E-state index contributed by atoms with van der Waals surface area (Å²) in [6.45, 7) is 10.1. The maximum absolute atomic E-state index is 6.12. The first-order valence-electron chi connectivity index (χ1n) is 7.41. The molecule has 114 valence electrons. The molecule has 0 amide bonds. The molecular weight excluding hydrogens is 270 g/mol. The van der Waals surface area contributed by atoms with Crippen molar-refractivity contribution >= 4 is 11.6 Å². The summed E-state index contributed by atoms with van der Waals surface area (Å²) >= 11 is 6.12. The van der Waals surface area contributed by atoms with E-state index in [2.05, 4.69) is 33.0 Å². The molecule has 0 fully saturated rings. The molecule has 0 saturated carbocycles. The molecular formula is C17H28ClNO. The standard InChI is InChI=1S/C17H28ClNO/c1-6-9-19-15(12-17(2,3)4)11-13-10-14(18)7-8-16(13)20-5/h7-8,10,15,19H,6,9,11-12H2,1-5H3. The molecule has 0 aliphatic carbocycles. The number of methoxy groups -OCH3 is 1. The molecule has 1 unspecified atom stereocenters. The Labute approximate surface area is 128 Å². The summed E-state index contributed by atoms with van der Waals surface area (Å²) < 4.78 is 5.45. The van der Waals surface area contributed by atoms with Gasteiger partial charge in [0.1, 0.15) is 5.75 Å². The van der Waals surface area contributed by atoms with Crippen LogP contribution in [0.15, 0.2) is 18.2 Å². The molecule has 1 rings (SSSR count). The maximum Gasteiger partial charge on any atom is 0.122 e. The van der Waals surface area contributed by atoms with Crippen LogP contribution in [-0.2, 0) is 6.42 Å². The molecule has 0 bridgehead atoms. The lowest BCUT2D eigenvalue weighted by Gasteiger charge is -2.27. The number of hydrogen-bond acceptors (Lipinski definition) is 2. The third-order valence-electron chi connectivity index (χ3n) is 3.25. The predicted molar refractivity (Wildman–Crippen MR) is 87.9 cm³/mol. The summed E-state index contributed by atoms with van der Waals surface area (Å²) in [6, 6.07) is 6.29. The van der Waals surface area contributed by atoms with Crippen molar-refractivity contribution in [3.8, 4) is 5.75 Å². The summed E-state index contributed by atoms with van der Waals surface area (Å²) in [7, 11) is 1.71. The van der Waals surface area contributed by atoms with Gasteiger partial charge in [-0.2, -0.15) is 0 Å². The first-order valence-corrected chi connectivity index (χ1v) is 7.79. The lowest BCUT2D eigenvalue weighted by molar-refractivity contribution is 0.304. The van der Waals surface area contributed by atoms with Gasteiger partial charge < -0.3 is 10.1 Å². The van der Waals surface area contributed by atoms with Crippen molar-refractivity contribution in [1.82, 2.24) is 5.32 Å². The van der Waals surface area contributed by atoms with Gasteiger partial charge in [0.25, 0.3) is 0 Å². The van der Waals surface area contributed by atoms with Crippen LogP contribution >= 0.6 is 11.6 Å². The van der Waals surface area contributed by atoms with Crippen LogP contribution in [0.4, 0.5) is 0 Å². The second kappa shape index (κ2) is 7.90. The number of benzene rings is 1. The van der Waals surface area contributed by atoms with Crippen molar-refractivity contribution in [3.63, 3.8) is 0 Å². The minimum Gasteiger partial charge on any atom is -0.496 e. The van der Waals surface area contributed by atoms with Gasteiger partial charge >= 0.3 is 0 Å². The van der Waals surface area contributed by atoms with Crippen LogP contribution in [0.2, 0.25) is 5.02 Å². The fourth-order valence-corrected chi connectivity index (χ4v) is 2.67. The number of ether oxygens (including phenoxy) is 1. The van der Waals surface area contributed by atoms with Gasteiger partial charge in [0.05, 0.1) is 7.11 Å². The highest BCUT2D eigenvalue weighted by Gasteiger charge is 2.20. The van der Waals surface area contributed by atoms with Gasteiger partial charge in [0.15, 0.2) is 0 Å². The quantitative estimate of drug-likeness (QED) is 0.788. The molecule has 2 nitrogen and oxygen atoms in total. The molecule has 0 saturated heterocycles. The smallest absolute Gasteiger partial charge is 0.122 e. The molecule has 0 aromatic heterocycles. The van der Waals surface area contributed by atoms with Crippen molar-refractivity contribution in [3.05, 3.63) is 28.8 Å². The zero-order valence-corrected chi connectivity index (χ0v) is 14.2. The Bertz CT molecular complexity index is 412. The number of nitrogens with one attached hydrogen (secondary N) is 1. The van der Waals surface area contributed by atoms with Crippen molar-refractivity contribution in [2.75, 3.05) is 13.7 Å². The van der Waals surface area contributed by atoms with Gasteiger partial charge in [0, 0.05) is 11.1 Å². The summed E-state index contributed by atoms with van der Waals surface area (Å²) in [6.07, 6.45) is 3.22. The highest BCUT2D eigenvalue weighted by molar-refractivity contribution is 6.30. The molecule has 0 aliphatic rings. The van der Waals surface area contributed by atoms with Crippen LogP contribution in [-0.4, -0.2) is 19.7 Å². The summed E-state index contributed by atoms with van der Waals surface area (Å²) in [5.41, 5.74) is 1.48. The molecule has 0 spiro atoms. The predicted octanol–water partition coefficient (Wildman–Crippen LogP) is 4.70. The van der Waals surface area contributed by atoms with Crippen LogP contribution in [0.25, 0.3) is 0 Å². The minimum atomic E-state index is 0.303. The van der Waals surface area contributed by atoms with Gasteiger partial charge in [0.2, 0.25) is 0 Å².